The van der Waals surface area contributed by atoms with Gasteiger partial charge < -0.3 is 14.8 Å². The van der Waals surface area contributed by atoms with Crippen LogP contribution in [0.5, 0.6) is 11.5 Å². The van der Waals surface area contributed by atoms with Crippen molar-refractivity contribution in [3.05, 3.63) is 59.2 Å². The van der Waals surface area contributed by atoms with Gasteiger partial charge in [0.05, 0.1) is 18.7 Å². The van der Waals surface area contributed by atoms with Crippen molar-refractivity contribution in [1.29, 1.82) is 5.26 Å². The second-order valence-corrected chi connectivity index (χ2v) is 7.40. The molecule has 0 radical (unpaired) electrons. The van der Waals surface area contributed by atoms with Crippen LogP contribution in [-0.2, 0) is 10.2 Å². The van der Waals surface area contributed by atoms with Crippen LogP contribution in [-0.4, -0.2) is 26.2 Å². The molecule has 2 aromatic carbocycles. The fraction of sp³-hybridized carbons (Fsp3) is 0.391. The molecule has 3 rings (SSSR count). The molecule has 0 bridgehead atoms. The molecule has 146 valence electrons. The molecule has 0 aliphatic heterocycles. The number of rotatable bonds is 7. The van der Waals surface area contributed by atoms with E-state index in [-0.39, 0.29) is 17.9 Å². The highest BCUT2D eigenvalue weighted by Crippen LogP contribution is 2.40. The summed E-state index contributed by atoms with van der Waals surface area (Å²) in [6, 6.07) is 15.5. The minimum absolute atomic E-state index is 0.00775. The van der Waals surface area contributed by atoms with Crippen LogP contribution in [0, 0.1) is 18.3 Å². The van der Waals surface area contributed by atoms with Crippen LogP contribution in [0.4, 0.5) is 0 Å². The molecule has 0 saturated heterocycles. The summed E-state index contributed by atoms with van der Waals surface area (Å²) in [7, 11) is 1.51. The lowest BCUT2D eigenvalue weighted by atomic mass is 9.78. The number of aryl methyl sites for hydroxylation is 1. The van der Waals surface area contributed by atoms with E-state index in [1.165, 1.54) is 31.1 Å². The third kappa shape index (κ3) is 4.45. The number of hydrogen-bond donors (Lipinski definition) is 1. The van der Waals surface area contributed by atoms with Crippen LogP contribution in [0.3, 0.4) is 0 Å². The molecule has 1 aliphatic carbocycles. The molecule has 0 spiro atoms. The van der Waals surface area contributed by atoms with Gasteiger partial charge in [-0.05, 0) is 37.5 Å². The van der Waals surface area contributed by atoms with Gasteiger partial charge in [-0.3, -0.25) is 4.79 Å². The molecule has 0 unspecified atom stereocenters. The predicted molar refractivity (Wildman–Crippen MR) is 108 cm³/mol. The quantitative estimate of drug-likeness (QED) is 0.794. The van der Waals surface area contributed by atoms with E-state index in [9.17, 15) is 4.79 Å². The summed E-state index contributed by atoms with van der Waals surface area (Å²) < 4.78 is 10.9. The maximum Gasteiger partial charge on any atom is 0.257 e. The van der Waals surface area contributed by atoms with E-state index in [4.69, 9.17) is 14.7 Å². The smallest absolute Gasteiger partial charge is 0.257 e. The molecular formula is C23H26N2O3. The second-order valence-electron chi connectivity index (χ2n) is 7.40. The van der Waals surface area contributed by atoms with Gasteiger partial charge >= 0.3 is 0 Å². The zero-order valence-corrected chi connectivity index (χ0v) is 16.5. The lowest BCUT2D eigenvalue weighted by Gasteiger charge is -2.30. The molecule has 1 saturated carbocycles. The first-order valence-corrected chi connectivity index (χ1v) is 9.61. The lowest BCUT2D eigenvalue weighted by molar-refractivity contribution is -0.123. The largest absolute Gasteiger partial charge is 0.493 e. The van der Waals surface area contributed by atoms with Crippen molar-refractivity contribution in [2.75, 3.05) is 20.3 Å². The van der Waals surface area contributed by atoms with Crippen molar-refractivity contribution in [2.45, 2.75) is 38.0 Å². The number of nitriles is 1. The van der Waals surface area contributed by atoms with Crippen LogP contribution in [0.25, 0.3) is 0 Å². The SMILES string of the molecule is COc1cc(C#N)ccc1OCC(=O)NCC1(c2cccc(C)c2)CCCC1. The predicted octanol–water partition coefficient (Wildman–Crippen LogP) is 3.88. The number of hydrogen-bond acceptors (Lipinski definition) is 4. The van der Waals surface area contributed by atoms with Gasteiger partial charge in [0.1, 0.15) is 0 Å². The summed E-state index contributed by atoms with van der Waals surface area (Å²) in [5.41, 5.74) is 3.04. The maximum absolute atomic E-state index is 12.4. The van der Waals surface area contributed by atoms with E-state index in [1.807, 2.05) is 0 Å². The van der Waals surface area contributed by atoms with Gasteiger partial charge in [-0.25, -0.2) is 0 Å². The lowest BCUT2D eigenvalue weighted by Crippen LogP contribution is -2.40. The van der Waals surface area contributed by atoms with E-state index in [0.717, 1.165) is 12.8 Å². The van der Waals surface area contributed by atoms with E-state index in [1.54, 1.807) is 18.2 Å². The van der Waals surface area contributed by atoms with Crippen molar-refractivity contribution in [3.8, 4) is 17.6 Å². The zero-order valence-electron chi connectivity index (χ0n) is 16.5. The summed E-state index contributed by atoms with van der Waals surface area (Å²) in [6.07, 6.45) is 4.54. The van der Waals surface area contributed by atoms with Gasteiger partial charge in [-0.2, -0.15) is 5.26 Å². The fourth-order valence-electron chi connectivity index (χ4n) is 3.91. The third-order valence-corrected chi connectivity index (χ3v) is 5.47. The number of benzene rings is 2. The van der Waals surface area contributed by atoms with Crippen LogP contribution < -0.4 is 14.8 Å². The average molecular weight is 378 g/mol. The molecule has 1 fully saturated rings. The first-order chi connectivity index (χ1) is 13.6. The molecule has 0 atom stereocenters. The average Bonchev–Trinajstić information content (AvgIpc) is 3.21. The first kappa shape index (κ1) is 19.8. The fourth-order valence-corrected chi connectivity index (χ4v) is 3.91. The Balaban J connectivity index is 1.61. The molecule has 5 heteroatoms. The number of carbonyl (C=O) groups is 1. The van der Waals surface area contributed by atoms with Crippen molar-refractivity contribution in [1.82, 2.24) is 5.32 Å². The molecule has 5 nitrogen and oxygen atoms in total. The molecule has 0 heterocycles. The molecule has 1 N–H and O–H groups in total. The van der Waals surface area contributed by atoms with Gasteiger partial charge in [0.15, 0.2) is 18.1 Å². The highest BCUT2D eigenvalue weighted by atomic mass is 16.5. The monoisotopic (exact) mass is 378 g/mol. The third-order valence-electron chi connectivity index (χ3n) is 5.47. The summed E-state index contributed by atoms with van der Waals surface area (Å²) in [4.78, 5) is 12.4. The van der Waals surface area contributed by atoms with Crippen LogP contribution in [0.15, 0.2) is 42.5 Å². The molecule has 1 aliphatic rings. The number of methoxy groups -OCH3 is 1. The Morgan fingerprint density at radius 3 is 2.64 bits per heavy atom. The maximum atomic E-state index is 12.4. The Morgan fingerprint density at radius 1 is 1.18 bits per heavy atom. The Labute approximate surface area is 166 Å². The Kier molecular flexibility index (Phi) is 6.20. The van der Waals surface area contributed by atoms with Gasteiger partial charge in [-0.15, -0.1) is 0 Å². The van der Waals surface area contributed by atoms with E-state index < -0.39 is 0 Å². The van der Waals surface area contributed by atoms with Gasteiger partial charge in [0, 0.05) is 18.0 Å². The molecule has 2 aromatic rings. The summed E-state index contributed by atoms with van der Waals surface area (Å²) in [5, 5.41) is 12.0. The summed E-state index contributed by atoms with van der Waals surface area (Å²) >= 11 is 0. The van der Waals surface area contributed by atoms with Crippen molar-refractivity contribution in [2.24, 2.45) is 0 Å². The van der Waals surface area contributed by atoms with Crippen molar-refractivity contribution >= 4 is 5.91 Å². The number of carbonyl (C=O) groups excluding carboxylic acids is 1. The van der Waals surface area contributed by atoms with Crippen molar-refractivity contribution in [3.63, 3.8) is 0 Å². The second kappa shape index (κ2) is 8.79. The number of amides is 1. The van der Waals surface area contributed by atoms with Gasteiger partial charge in [0.25, 0.3) is 5.91 Å². The Bertz CT molecular complexity index is 880. The standard InChI is InChI=1S/C23H26N2O3/c1-17-6-5-7-19(12-17)23(10-3-4-11-23)16-25-22(26)15-28-20-9-8-18(14-24)13-21(20)27-2/h5-9,12-13H,3-4,10-11,15-16H2,1-2H3,(H,25,26). The molecule has 0 aromatic heterocycles. The Hall–Kier alpha value is -3.00. The highest BCUT2D eigenvalue weighted by Gasteiger charge is 2.35. The molecular weight excluding hydrogens is 352 g/mol. The van der Waals surface area contributed by atoms with E-state index >= 15 is 0 Å². The summed E-state index contributed by atoms with van der Waals surface area (Å²) in [5.74, 6) is 0.732. The van der Waals surface area contributed by atoms with Crippen LogP contribution in [0.1, 0.15) is 42.4 Å². The molecule has 1 amide bonds. The van der Waals surface area contributed by atoms with Crippen molar-refractivity contribution < 1.29 is 14.3 Å². The van der Waals surface area contributed by atoms with E-state index in [0.29, 0.717) is 23.6 Å². The minimum Gasteiger partial charge on any atom is -0.493 e. The number of ether oxygens (including phenoxy) is 2. The first-order valence-electron chi connectivity index (χ1n) is 9.61. The highest BCUT2D eigenvalue weighted by molar-refractivity contribution is 5.77. The number of nitrogens with zero attached hydrogens (tertiary/aromatic N) is 1. The summed E-state index contributed by atoms with van der Waals surface area (Å²) in [6.45, 7) is 2.62. The topological polar surface area (TPSA) is 71.3 Å². The van der Waals surface area contributed by atoms with E-state index in [2.05, 4.69) is 42.6 Å². The van der Waals surface area contributed by atoms with Crippen LogP contribution >= 0.6 is 0 Å². The normalized spacial score (nSPS) is 14.9. The van der Waals surface area contributed by atoms with Gasteiger partial charge in [0.2, 0.25) is 0 Å². The minimum atomic E-state index is -0.162. The van der Waals surface area contributed by atoms with Crippen LogP contribution in [0.2, 0.25) is 0 Å². The molecule has 28 heavy (non-hydrogen) atoms. The Morgan fingerprint density at radius 2 is 1.96 bits per heavy atom. The van der Waals surface area contributed by atoms with Gasteiger partial charge in [-0.1, -0.05) is 42.7 Å². The number of nitrogens with one attached hydrogen (secondary N) is 1. The zero-order chi connectivity index (χ0) is 20.0.